The number of carbonyl (C=O) groups is 1. The maximum atomic E-state index is 12.8. The number of halogens is 2. The molecule has 214 valence electrons. The van der Waals surface area contributed by atoms with Crippen molar-refractivity contribution in [1.82, 2.24) is 24.2 Å². The highest BCUT2D eigenvalue weighted by Gasteiger charge is 2.41. The van der Waals surface area contributed by atoms with Crippen LogP contribution in [0.5, 0.6) is 0 Å². The Balaban J connectivity index is 1.95. The van der Waals surface area contributed by atoms with Crippen molar-refractivity contribution in [2.24, 2.45) is 5.41 Å². The number of nitrogens with one attached hydrogen (secondary N) is 1. The molecule has 0 unspecified atom stereocenters. The molecule has 3 atom stereocenters. The van der Waals surface area contributed by atoms with Crippen LogP contribution in [0.15, 0.2) is 47.9 Å². The number of aliphatic hydroxyl groups excluding tert-OH is 1. The minimum absolute atomic E-state index is 0.185. The van der Waals surface area contributed by atoms with Gasteiger partial charge in [-0.3, -0.25) is 4.90 Å². The van der Waals surface area contributed by atoms with Crippen LogP contribution in [0.1, 0.15) is 47.0 Å². The van der Waals surface area contributed by atoms with Gasteiger partial charge in [-0.1, -0.05) is 69.8 Å². The first-order valence-electron chi connectivity index (χ1n) is 12.7. The first kappa shape index (κ1) is 31.1. The van der Waals surface area contributed by atoms with Crippen molar-refractivity contribution in [3.63, 3.8) is 0 Å². The molecule has 3 rings (SSSR count). The van der Waals surface area contributed by atoms with Crippen LogP contribution in [0.4, 0.5) is 4.79 Å². The molecule has 0 radical (unpaired) electrons. The van der Waals surface area contributed by atoms with E-state index in [9.17, 15) is 23.4 Å². The summed E-state index contributed by atoms with van der Waals surface area (Å²) in [5, 5.41) is 22.2. The first-order valence-corrected chi connectivity index (χ1v) is 14.9. The number of imidazole rings is 1. The summed E-state index contributed by atoms with van der Waals surface area (Å²) in [5.41, 5.74) is 0.742. The van der Waals surface area contributed by atoms with Crippen molar-refractivity contribution in [3.05, 3.63) is 52.9 Å². The van der Waals surface area contributed by atoms with Crippen molar-refractivity contribution in [2.75, 3.05) is 6.54 Å². The van der Waals surface area contributed by atoms with Gasteiger partial charge in [0.25, 0.3) is 10.0 Å². The van der Waals surface area contributed by atoms with E-state index < -0.39 is 39.7 Å². The lowest BCUT2D eigenvalue weighted by Crippen LogP contribution is -2.58. The Kier molecular flexibility index (Phi) is 10.2. The van der Waals surface area contributed by atoms with Crippen molar-refractivity contribution in [2.45, 2.75) is 76.7 Å². The van der Waals surface area contributed by atoms with Gasteiger partial charge >= 0.3 is 6.09 Å². The second-order valence-corrected chi connectivity index (χ2v) is 13.0. The molecule has 2 aromatic heterocycles. The molecule has 0 aliphatic heterocycles. The van der Waals surface area contributed by atoms with Crippen LogP contribution in [0.25, 0.3) is 11.0 Å². The largest absolute Gasteiger partial charge is 0.465 e. The maximum Gasteiger partial charge on any atom is 0.407 e. The van der Waals surface area contributed by atoms with Crippen molar-refractivity contribution in [1.29, 1.82) is 0 Å². The predicted octanol–water partition coefficient (Wildman–Crippen LogP) is 5.03. The Morgan fingerprint density at radius 3 is 2.46 bits per heavy atom. The molecule has 0 aliphatic rings. The number of hydrogen-bond donors (Lipinski definition) is 3. The third-order valence-corrected chi connectivity index (χ3v) is 8.70. The summed E-state index contributed by atoms with van der Waals surface area (Å²) in [6.07, 6.45) is 2.18. The summed E-state index contributed by atoms with van der Waals surface area (Å²) >= 11 is 12.4. The highest BCUT2D eigenvalue weighted by Crippen LogP contribution is 2.32. The van der Waals surface area contributed by atoms with Crippen LogP contribution in [-0.2, 0) is 16.6 Å². The summed E-state index contributed by atoms with van der Waals surface area (Å²) < 4.78 is 29.6. The Bertz CT molecular complexity index is 1380. The Labute approximate surface area is 239 Å². The number of nitrogens with zero attached hydrogens (tertiary/aromatic N) is 4. The van der Waals surface area contributed by atoms with Gasteiger partial charge in [-0.15, -0.1) is 0 Å². The summed E-state index contributed by atoms with van der Waals surface area (Å²) in [6.45, 7) is 7.57. The standard InChI is InChI=1S/C26H35Cl2N5O5S/c1-5-6-9-20(22(34)14-31-39(37,38)24-10-7-8-11-29-24)33(25(35)36)23(26(2,3)4)15-32-16-30-19-12-17(27)18(28)13-21(19)32/h7-8,10-13,16,20,22-23,31,34H,5-6,9,14-15H2,1-4H3,(H,35,36)/t20-,22+,23+/m0/s1. The van der Waals surface area contributed by atoms with Gasteiger partial charge in [0.15, 0.2) is 5.03 Å². The van der Waals surface area contributed by atoms with E-state index in [2.05, 4.69) is 14.7 Å². The van der Waals surface area contributed by atoms with E-state index in [1.165, 1.54) is 17.2 Å². The van der Waals surface area contributed by atoms with Crippen LogP contribution >= 0.6 is 23.2 Å². The van der Waals surface area contributed by atoms with E-state index >= 15 is 0 Å². The fraction of sp³-hybridized carbons (Fsp3) is 0.500. The SMILES string of the molecule is CCCC[C@@H]([C@H](O)CNS(=O)(=O)c1ccccn1)N(C(=O)O)[C@H](Cn1cnc2cc(Cl)c(Cl)cc21)C(C)(C)C. The zero-order chi connectivity index (χ0) is 29.0. The summed E-state index contributed by atoms with van der Waals surface area (Å²) in [5.74, 6) is 0. The molecule has 3 aromatic rings. The summed E-state index contributed by atoms with van der Waals surface area (Å²) in [7, 11) is -4.00. The molecule has 0 saturated carbocycles. The molecule has 2 heterocycles. The van der Waals surface area contributed by atoms with Gasteiger partial charge in [0, 0.05) is 19.3 Å². The van der Waals surface area contributed by atoms with Gasteiger partial charge in [0.05, 0.1) is 45.6 Å². The molecular formula is C26H35Cl2N5O5S. The first-order chi connectivity index (χ1) is 18.3. The number of sulfonamides is 1. The minimum Gasteiger partial charge on any atom is -0.465 e. The lowest BCUT2D eigenvalue weighted by atomic mass is 9.83. The molecule has 0 bridgehead atoms. The highest BCUT2D eigenvalue weighted by atomic mass is 35.5. The highest BCUT2D eigenvalue weighted by molar-refractivity contribution is 7.89. The molecule has 0 aliphatic carbocycles. The summed E-state index contributed by atoms with van der Waals surface area (Å²) in [6, 6.07) is 6.32. The summed E-state index contributed by atoms with van der Waals surface area (Å²) in [4.78, 5) is 22.3. The van der Waals surface area contributed by atoms with E-state index in [1.54, 1.807) is 30.6 Å². The van der Waals surface area contributed by atoms with Gasteiger partial charge in [0.1, 0.15) is 0 Å². The third kappa shape index (κ3) is 7.61. The average Bonchev–Trinajstić information content (AvgIpc) is 3.25. The number of aliphatic hydroxyl groups is 1. The van der Waals surface area contributed by atoms with Gasteiger partial charge in [-0.05, 0) is 36.1 Å². The van der Waals surface area contributed by atoms with E-state index in [4.69, 9.17) is 23.2 Å². The van der Waals surface area contributed by atoms with Crippen LogP contribution in [0, 0.1) is 5.41 Å². The van der Waals surface area contributed by atoms with E-state index in [1.807, 2.05) is 32.3 Å². The van der Waals surface area contributed by atoms with Crippen LogP contribution < -0.4 is 4.72 Å². The van der Waals surface area contributed by atoms with E-state index in [-0.39, 0.29) is 18.1 Å². The molecule has 0 spiro atoms. The number of hydrogen-bond acceptors (Lipinski definition) is 6. The van der Waals surface area contributed by atoms with Crippen LogP contribution in [-0.4, -0.2) is 68.9 Å². The number of aromatic nitrogens is 3. The quantitative estimate of drug-likeness (QED) is 0.265. The van der Waals surface area contributed by atoms with Gasteiger partial charge < -0.3 is 14.8 Å². The number of fused-ring (bicyclic) bond motifs is 1. The molecule has 3 N–H and O–H groups in total. The fourth-order valence-corrected chi connectivity index (χ4v) is 5.82. The predicted molar refractivity (Wildman–Crippen MR) is 152 cm³/mol. The zero-order valence-electron chi connectivity index (χ0n) is 22.4. The smallest absolute Gasteiger partial charge is 0.407 e. The van der Waals surface area contributed by atoms with E-state index in [0.717, 1.165) is 6.42 Å². The number of pyridine rings is 1. The second-order valence-electron chi connectivity index (χ2n) is 10.5. The van der Waals surface area contributed by atoms with Crippen LogP contribution in [0.2, 0.25) is 10.0 Å². The third-order valence-electron chi connectivity index (χ3n) is 6.64. The molecule has 0 fully saturated rings. The number of rotatable bonds is 12. The maximum absolute atomic E-state index is 12.8. The number of carboxylic acid groups (broad SMARTS) is 1. The minimum atomic E-state index is -4.00. The molecule has 13 heteroatoms. The van der Waals surface area contributed by atoms with Crippen LogP contribution in [0.3, 0.4) is 0 Å². The zero-order valence-corrected chi connectivity index (χ0v) is 24.7. The Morgan fingerprint density at radius 1 is 1.18 bits per heavy atom. The molecule has 10 nitrogen and oxygen atoms in total. The van der Waals surface area contributed by atoms with Gasteiger partial charge in [-0.25, -0.2) is 27.9 Å². The fourth-order valence-electron chi connectivity index (χ4n) is 4.51. The lowest BCUT2D eigenvalue weighted by molar-refractivity contribution is -0.00666. The molecular weight excluding hydrogens is 565 g/mol. The monoisotopic (exact) mass is 599 g/mol. The number of amides is 1. The van der Waals surface area contributed by atoms with E-state index in [0.29, 0.717) is 33.9 Å². The molecule has 1 aromatic carbocycles. The number of benzene rings is 1. The van der Waals surface area contributed by atoms with Gasteiger partial charge in [0.2, 0.25) is 0 Å². The second kappa shape index (κ2) is 12.8. The van der Waals surface area contributed by atoms with Gasteiger partial charge in [-0.2, -0.15) is 0 Å². The average molecular weight is 601 g/mol. The normalized spacial score (nSPS) is 14.7. The topological polar surface area (TPSA) is 138 Å². The Morgan fingerprint density at radius 2 is 1.87 bits per heavy atom. The van der Waals surface area contributed by atoms with Crippen molar-refractivity contribution in [3.8, 4) is 0 Å². The van der Waals surface area contributed by atoms with Crippen molar-refractivity contribution >= 4 is 50.4 Å². The van der Waals surface area contributed by atoms with Crippen molar-refractivity contribution < 1.29 is 23.4 Å². The Hall–Kier alpha value is -2.44. The molecule has 39 heavy (non-hydrogen) atoms. The number of unbranched alkanes of at least 4 members (excludes halogenated alkanes) is 1. The molecule has 0 saturated heterocycles. The lowest BCUT2D eigenvalue weighted by Gasteiger charge is -2.44. The molecule has 1 amide bonds.